The third kappa shape index (κ3) is 3.74. The maximum Gasteiger partial charge on any atom is 0.352 e. The topological polar surface area (TPSA) is 99.6 Å². The smallest absolute Gasteiger partial charge is 0.352 e. The lowest BCUT2D eigenvalue weighted by molar-refractivity contribution is -0.122. The minimum absolute atomic E-state index is 0.104. The number of ether oxygens (including phenoxy) is 1. The van der Waals surface area contributed by atoms with Gasteiger partial charge < -0.3 is 10.1 Å². The summed E-state index contributed by atoms with van der Waals surface area (Å²) in [5.41, 5.74) is 0.581. The molecule has 166 valence electrons. The molecule has 0 unspecified atom stereocenters. The number of amides is 1. The van der Waals surface area contributed by atoms with Gasteiger partial charge in [0.2, 0.25) is 11.7 Å². The van der Waals surface area contributed by atoms with Crippen molar-refractivity contribution in [2.45, 2.75) is 38.6 Å². The molecule has 1 amide bonds. The van der Waals surface area contributed by atoms with Gasteiger partial charge >= 0.3 is 5.69 Å². The number of fused-ring (bicyclic) bond motifs is 3. The largest absolute Gasteiger partial charge is 0.376 e. The lowest BCUT2D eigenvalue weighted by Crippen LogP contribution is -2.32. The van der Waals surface area contributed by atoms with E-state index in [9.17, 15) is 14.4 Å². The molecule has 1 aliphatic rings. The minimum atomic E-state index is -0.475. The van der Waals surface area contributed by atoms with Crippen molar-refractivity contribution in [2.24, 2.45) is 0 Å². The summed E-state index contributed by atoms with van der Waals surface area (Å²) in [7, 11) is 0. The first-order valence-electron chi connectivity index (χ1n) is 10.2. The number of hydrogen-bond acceptors (Lipinski definition) is 6. The molecule has 3 aromatic heterocycles. The zero-order valence-electron chi connectivity index (χ0n) is 17.0. The Morgan fingerprint density at radius 1 is 1.28 bits per heavy atom. The van der Waals surface area contributed by atoms with Crippen molar-refractivity contribution in [3.63, 3.8) is 0 Å². The Labute approximate surface area is 190 Å². The van der Waals surface area contributed by atoms with Crippen LogP contribution in [0.25, 0.3) is 16.0 Å². The van der Waals surface area contributed by atoms with Crippen LogP contribution in [-0.2, 0) is 29.2 Å². The fourth-order valence-corrected chi connectivity index (χ4v) is 4.95. The molecule has 11 heteroatoms. The number of carbonyl (C=O) groups excluding carboxylic acids is 1. The molecular weight excluding hydrogens is 454 g/mol. The number of halogens is 1. The average molecular weight is 474 g/mol. The van der Waals surface area contributed by atoms with E-state index in [1.54, 1.807) is 17.5 Å². The Kier molecular flexibility index (Phi) is 5.58. The number of rotatable bonds is 6. The molecule has 4 heterocycles. The highest BCUT2D eigenvalue weighted by Gasteiger charge is 2.23. The highest BCUT2D eigenvalue weighted by molar-refractivity contribution is 7.17. The van der Waals surface area contributed by atoms with Gasteiger partial charge in [-0.05, 0) is 35.9 Å². The maximum absolute atomic E-state index is 13.1. The number of benzene rings is 1. The summed E-state index contributed by atoms with van der Waals surface area (Å²) in [5.74, 6) is -0.176. The molecule has 1 N–H and O–H groups in total. The van der Waals surface area contributed by atoms with E-state index in [0.717, 1.165) is 23.1 Å². The Morgan fingerprint density at radius 2 is 2.12 bits per heavy atom. The third-order valence-corrected chi connectivity index (χ3v) is 6.79. The first-order valence-corrected chi connectivity index (χ1v) is 11.5. The van der Waals surface area contributed by atoms with E-state index in [-0.39, 0.29) is 36.4 Å². The zero-order valence-corrected chi connectivity index (χ0v) is 18.6. The predicted octanol–water partition coefficient (Wildman–Crippen LogP) is 2.02. The molecular formula is C21H20ClN5O4S. The van der Waals surface area contributed by atoms with Crippen LogP contribution in [0, 0.1) is 0 Å². The van der Waals surface area contributed by atoms with Gasteiger partial charge in [-0.1, -0.05) is 29.8 Å². The summed E-state index contributed by atoms with van der Waals surface area (Å²) >= 11 is 7.41. The lowest BCUT2D eigenvalue weighted by atomic mass is 10.2. The van der Waals surface area contributed by atoms with Gasteiger partial charge in [0, 0.05) is 18.2 Å². The Morgan fingerprint density at radius 3 is 2.91 bits per heavy atom. The predicted molar refractivity (Wildman–Crippen MR) is 121 cm³/mol. The van der Waals surface area contributed by atoms with E-state index >= 15 is 0 Å². The van der Waals surface area contributed by atoms with E-state index in [1.165, 1.54) is 20.3 Å². The first kappa shape index (κ1) is 20.9. The summed E-state index contributed by atoms with van der Waals surface area (Å²) in [5, 5.41) is 9.42. The van der Waals surface area contributed by atoms with Gasteiger partial charge in [-0.15, -0.1) is 16.4 Å². The Balaban J connectivity index is 1.48. The van der Waals surface area contributed by atoms with Crippen molar-refractivity contribution < 1.29 is 9.53 Å². The summed E-state index contributed by atoms with van der Waals surface area (Å²) in [6.45, 7) is 0.930. The van der Waals surface area contributed by atoms with Crippen LogP contribution < -0.4 is 16.6 Å². The van der Waals surface area contributed by atoms with Crippen molar-refractivity contribution in [1.82, 2.24) is 24.1 Å². The van der Waals surface area contributed by atoms with Crippen molar-refractivity contribution in [2.75, 3.05) is 6.61 Å². The molecule has 9 nitrogen and oxygen atoms in total. The molecule has 1 aromatic carbocycles. The van der Waals surface area contributed by atoms with Crippen molar-refractivity contribution >= 4 is 44.8 Å². The van der Waals surface area contributed by atoms with Crippen LogP contribution in [-0.4, -0.2) is 37.4 Å². The molecule has 0 aliphatic carbocycles. The number of carbonyl (C=O) groups is 1. The van der Waals surface area contributed by atoms with E-state index in [0.29, 0.717) is 28.4 Å². The van der Waals surface area contributed by atoms with E-state index in [1.807, 2.05) is 18.2 Å². The molecule has 1 atom stereocenters. The van der Waals surface area contributed by atoms with E-state index < -0.39 is 5.69 Å². The minimum Gasteiger partial charge on any atom is -0.376 e. The van der Waals surface area contributed by atoms with Crippen LogP contribution in [0.15, 0.2) is 45.3 Å². The summed E-state index contributed by atoms with van der Waals surface area (Å²) in [6, 6.07) is 8.92. The summed E-state index contributed by atoms with van der Waals surface area (Å²) < 4.78 is 10.1. The van der Waals surface area contributed by atoms with Gasteiger partial charge in [0.15, 0.2) is 0 Å². The number of aromatic nitrogens is 4. The van der Waals surface area contributed by atoms with Gasteiger partial charge in [-0.2, -0.15) is 0 Å². The van der Waals surface area contributed by atoms with E-state index in [2.05, 4.69) is 10.4 Å². The summed E-state index contributed by atoms with van der Waals surface area (Å²) in [6.07, 6.45) is 1.67. The normalized spacial score (nSPS) is 16.2. The fourth-order valence-electron chi connectivity index (χ4n) is 3.92. The van der Waals surface area contributed by atoms with Gasteiger partial charge in [0.05, 0.1) is 18.2 Å². The number of thiophene rings is 1. The molecule has 32 heavy (non-hydrogen) atoms. The van der Waals surface area contributed by atoms with Crippen molar-refractivity contribution in [1.29, 1.82) is 0 Å². The van der Waals surface area contributed by atoms with Crippen LogP contribution in [0.4, 0.5) is 0 Å². The van der Waals surface area contributed by atoms with Gasteiger partial charge in [0.25, 0.3) is 5.56 Å². The van der Waals surface area contributed by atoms with Crippen LogP contribution >= 0.6 is 22.9 Å². The first-order chi connectivity index (χ1) is 15.5. The molecule has 1 fully saturated rings. The van der Waals surface area contributed by atoms with Crippen LogP contribution in [0.2, 0.25) is 5.02 Å². The van der Waals surface area contributed by atoms with Gasteiger partial charge in [-0.25, -0.2) is 13.9 Å². The third-order valence-electron chi connectivity index (χ3n) is 5.53. The lowest BCUT2D eigenvalue weighted by Gasteiger charge is -2.12. The second-order valence-electron chi connectivity index (χ2n) is 7.63. The SMILES string of the molecule is O=C(Cn1nc2n(C[C@H]3CCCO3)c(=O)c3sccc3n2c1=O)NCc1ccccc1Cl. The number of hydrogen-bond donors (Lipinski definition) is 1. The molecule has 0 saturated carbocycles. The maximum atomic E-state index is 13.1. The van der Waals surface area contributed by atoms with Crippen molar-refractivity contribution in [3.8, 4) is 0 Å². The highest BCUT2D eigenvalue weighted by atomic mass is 35.5. The average Bonchev–Trinajstić information content (AvgIpc) is 3.52. The van der Waals surface area contributed by atoms with Crippen LogP contribution in [0.1, 0.15) is 18.4 Å². The summed E-state index contributed by atoms with van der Waals surface area (Å²) in [4.78, 5) is 38.7. The Hall–Kier alpha value is -2.95. The molecule has 1 saturated heterocycles. The standard InChI is InChI=1S/C21H20ClN5O4S/c22-15-6-2-1-4-13(15)10-23-17(28)12-26-21(30)27-16-7-9-32-18(16)19(29)25(20(27)24-26)11-14-5-3-8-31-14/h1-2,4,6-7,9,14H,3,5,8,10-12H2,(H,23,28)/t14-/m1/s1. The molecule has 0 spiro atoms. The molecule has 0 bridgehead atoms. The second kappa shape index (κ2) is 8.53. The Bertz CT molecular complexity index is 1430. The fraction of sp³-hybridized carbons (Fsp3) is 0.333. The molecule has 4 aromatic rings. The number of nitrogens with one attached hydrogen (secondary N) is 1. The molecule has 0 radical (unpaired) electrons. The molecule has 5 rings (SSSR count). The zero-order chi connectivity index (χ0) is 22.2. The highest BCUT2D eigenvalue weighted by Crippen LogP contribution is 2.19. The molecule has 1 aliphatic heterocycles. The monoisotopic (exact) mass is 473 g/mol. The van der Waals surface area contributed by atoms with Gasteiger partial charge in [0.1, 0.15) is 11.2 Å². The van der Waals surface area contributed by atoms with Crippen molar-refractivity contribution in [3.05, 3.63) is 67.1 Å². The second-order valence-corrected chi connectivity index (χ2v) is 8.95. The van der Waals surface area contributed by atoms with Gasteiger partial charge in [-0.3, -0.25) is 14.2 Å². The van der Waals surface area contributed by atoms with Crippen LogP contribution in [0.3, 0.4) is 0 Å². The van der Waals surface area contributed by atoms with E-state index in [4.69, 9.17) is 16.3 Å². The quantitative estimate of drug-likeness (QED) is 0.462. The number of nitrogens with zero attached hydrogens (tertiary/aromatic N) is 4. The van der Waals surface area contributed by atoms with Crippen LogP contribution in [0.5, 0.6) is 0 Å².